The number of aromatic nitrogens is 2. The van der Waals surface area contributed by atoms with Crippen LogP contribution in [0.2, 0.25) is 0 Å². The van der Waals surface area contributed by atoms with Crippen molar-refractivity contribution in [2.24, 2.45) is 0 Å². The molecule has 0 amide bonds. The summed E-state index contributed by atoms with van der Waals surface area (Å²) in [6.07, 6.45) is 6.54. The van der Waals surface area contributed by atoms with E-state index in [0.29, 0.717) is 0 Å². The van der Waals surface area contributed by atoms with E-state index in [9.17, 15) is 0 Å². The number of hydrogen-bond acceptors (Lipinski definition) is 1. The third-order valence-corrected chi connectivity index (χ3v) is 2.90. The van der Waals surface area contributed by atoms with E-state index in [2.05, 4.69) is 29.6 Å². The summed E-state index contributed by atoms with van der Waals surface area (Å²) < 4.78 is 2.33. The average Bonchev–Trinajstić information content (AvgIpc) is 2.54. The Labute approximate surface area is 84.7 Å². The minimum Gasteiger partial charge on any atom is -0.248 e. The molecular weight excluding hydrogens is 180 g/mol. The fraction of sp³-hybridized carbons (Fsp3) is 0.700. The first-order valence-corrected chi connectivity index (χ1v) is 6.17. The average molecular weight is 199 g/mol. The molecule has 1 aromatic rings. The summed E-state index contributed by atoms with van der Waals surface area (Å²) in [4.78, 5) is 3.29. The van der Waals surface area contributed by atoms with Crippen molar-refractivity contribution < 1.29 is 4.57 Å². The van der Waals surface area contributed by atoms with Gasteiger partial charge in [0.15, 0.2) is 0 Å². The number of thioether (sulfide) groups is 1. The van der Waals surface area contributed by atoms with Gasteiger partial charge < -0.3 is 0 Å². The Hall–Kier alpha value is -0.440. The summed E-state index contributed by atoms with van der Waals surface area (Å²) >= 11 is 2.00. The normalized spacial score (nSPS) is 10.6. The largest absolute Gasteiger partial charge is 0.254 e. The van der Waals surface area contributed by atoms with E-state index >= 15 is 0 Å². The lowest BCUT2D eigenvalue weighted by molar-refractivity contribution is -0.698. The molecule has 74 valence electrons. The van der Waals surface area contributed by atoms with Crippen molar-refractivity contribution in [3.8, 4) is 0 Å². The molecule has 0 unspecified atom stereocenters. The van der Waals surface area contributed by atoms with Crippen LogP contribution in [-0.4, -0.2) is 16.5 Å². The van der Waals surface area contributed by atoms with Gasteiger partial charge in [-0.2, -0.15) is 11.8 Å². The second-order valence-electron chi connectivity index (χ2n) is 3.05. The fourth-order valence-corrected chi connectivity index (χ4v) is 1.98. The minimum absolute atomic E-state index is 1.14. The number of aryl methyl sites for hydroxylation is 2. The highest BCUT2D eigenvalue weighted by molar-refractivity contribution is 7.99. The maximum absolute atomic E-state index is 3.29. The molecule has 0 aliphatic rings. The first-order valence-electron chi connectivity index (χ1n) is 5.02. The van der Waals surface area contributed by atoms with Gasteiger partial charge in [-0.25, -0.2) is 9.55 Å². The zero-order valence-electron chi connectivity index (χ0n) is 8.55. The van der Waals surface area contributed by atoms with Gasteiger partial charge in [0.1, 0.15) is 12.4 Å². The second kappa shape index (κ2) is 6.08. The molecule has 0 fully saturated rings. The third kappa shape index (κ3) is 3.43. The maximum atomic E-state index is 3.29. The topological polar surface area (TPSA) is 19.7 Å². The van der Waals surface area contributed by atoms with Gasteiger partial charge >= 0.3 is 0 Å². The van der Waals surface area contributed by atoms with E-state index in [1.54, 1.807) is 0 Å². The van der Waals surface area contributed by atoms with E-state index < -0.39 is 0 Å². The van der Waals surface area contributed by atoms with Crippen molar-refractivity contribution in [3.63, 3.8) is 0 Å². The van der Waals surface area contributed by atoms with Crippen molar-refractivity contribution >= 4 is 11.8 Å². The summed E-state index contributed by atoms with van der Waals surface area (Å²) in [5, 5.41) is 0. The molecule has 0 atom stereocenters. The van der Waals surface area contributed by atoms with Crippen LogP contribution in [-0.2, 0) is 13.0 Å². The molecule has 0 aliphatic carbocycles. The monoisotopic (exact) mass is 199 g/mol. The predicted molar refractivity (Wildman–Crippen MR) is 58.0 cm³/mol. The molecule has 0 aromatic carbocycles. The van der Waals surface area contributed by atoms with Crippen molar-refractivity contribution in [2.75, 3.05) is 11.5 Å². The van der Waals surface area contributed by atoms with E-state index in [0.717, 1.165) is 13.0 Å². The fourth-order valence-electron chi connectivity index (χ4n) is 1.37. The summed E-state index contributed by atoms with van der Waals surface area (Å²) in [7, 11) is 0. The van der Waals surface area contributed by atoms with Gasteiger partial charge in [0, 0.05) is 12.2 Å². The van der Waals surface area contributed by atoms with Crippen molar-refractivity contribution in [3.05, 3.63) is 18.2 Å². The van der Waals surface area contributed by atoms with Crippen LogP contribution in [0.4, 0.5) is 0 Å². The van der Waals surface area contributed by atoms with Crippen LogP contribution in [0.15, 0.2) is 12.4 Å². The summed E-state index contributed by atoms with van der Waals surface area (Å²) in [6, 6.07) is 0. The van der Waals surface area contributed by atoms with E-state index in [1.165, 1.54) is 23.8 Å². The molecule has 0 saturated carbocycles. The molecule has 1 rings (SSSR count). The molecule has 1 aromatic heterocycles. The van der Waals surface area contributed by atoms with Gasteiger partial charge in [0.2, 0.25) is 0 Å². The molecule has 0 aliphatic heterocycles. The Balaban J connectivity index is 2.40. The first kappa shape index (κ1) is 10.6. The number of nitrogens with zero attached hydrogens (tertiary/aromatic N) is 1. The molecule has 1 heterocycles. The Bertz CT molecular complexity index is 233. The van der Waals surface area contributed by atoms with Crippen LogP contribution in [0.3, 0.4) is 0 Å². The lowest BCUT2D eigenvalue weighted by Gasteiger charge is -1.98. The zero-order valence-corrected chi connectivity index (χ0v) is 9.36. The summed E-state index contributed by atoms with van der Waals surface area (Å²) in [6.45, 7) is 5.56. The molecule has 0 radical (unpaired) electrons. The van der Waals surface area contributed by atoms with Gasteiger partial charge in [0.05, 0.1) is 6.54 Å². The molecule has 0 bridgehead atoms. The van der Waals surface area contributed by atoms with Crippen LogP contribution in [0.25, 0.3) is 0 Å². The number of nitrogens with one attached hydrogen (secondary N) is 1. The zero-order chi connectivity index (χ0) is 9.52. The van der Waals surface area contributed by atoms with Gasteiger partial charge in [-0.3, -0.25) is 0 Å². The van der Waals surface area contributed by atoms with Gasteiger partial charge in [0.25, 0.3) is 5.82 Å². The Morgan fingerprint density at radius 1 is 1.46 bits per heavy atom. The smallest absolute Gasteiger partial charge is 0.248 e. The second-order valence-corrected chi connectivity index (χ2v) is 4.44. The third-order valence-electron chi connectivity index (χ3n) is 2.02. The minimum atomic E-state index is 1.14. The Morgan fingerprint density at radius 2 is 2.31 bits per heavy atom. The molecule has 13 heavy (non-hydrogen) atoms. The standard InChI is InChI=1S/C10H18N2S/c1-3-5-10-11-6-7-12(10)8-9-13-4-2/h6-7H,3-5,8-9H2,1-2H3/p+1. The quantitative estimate of drug-likeness (QED) is 0.549. The van der Waals surface area contributed by atoms with Gasteiger partial charge in [-0.15, -0.1) is 0 Å². The summed E-state index contributed by atoms with van der Waals surface area (Å²) in [5.74, 6) is 3.79. The van der Waals surface area contributed by atoms with Crippen LogP contribution >= 0.6 is 11.8 Å². The highest BCUT2D eigenvalue weighted by Gasteiger charge is 2.07. The van der Waals surface area contributed by atoms with E-state index in [1.807, 2.05) is 18.0 Å². The first-order chi connectivity index (χ1) is 6.38. The van der Waals surface area contributed by atoms with Gasteiger partial charge in [-0.1, -0.05) is 13.8 Å². The highest BCUT2D eigenvalue weighted by Crippen LogP contribution is 1.98. The summed E-state index contributed by atoms with van der Waals surface area (Å²) in [5.41, 5.74) is 0. The molecule has 0 spiro atoms. The number of imidazole rings is 1. The van der Waals surface area contributed by atoms with Crippen LogP contribution < -0.4 is 4.57 Å². The van der Waals surface area contributed by atoms with Crippen molar-refractivity contribution in [2.45, 2.75) is 33.2 Å². The number of aromatic amines is 1. The Kier molecular flexibility index (Phi) is 4.98. The van der Waals surface area contributed by atoms with Crippen LogP contribution in [0.1, 0.15) is 26.1 Å². The maximum Gasteiger partial charge on any atom is 0.254 e. The molecule has 2 nitrogen and oxygen atoms in total. The van der Waals surface area contributed by atoms with Crippen LogP contribution in [0.5, 0.6) is 0 Å². The van der Waals surface area contributed by atoms with Gasteiger partial charge in [-0.05, 0) is 12.2 Å². The highest BCUT2D eigenvalue weighted by atomic mass is 32.2. The lowest BCUT2D eigenvalue weighted by Crippen LogP contribution is -2.37. The van der Waals surface area contributed by atoms with Crippen molar-refractivity contribution in [1.29, 1.82) is 0 Å². The Morgan fingerprint density at radius 3 is 3.00 bits per heavy atom. The molecule has 1 N–H and O–H groups in total. The van der Waals surface area contributed by atoms with Crippen LogP contribution in [0, 0.1) is 0 Å². The SMILES string of the molecule is CCCc1[nH]cc[n+]1CCSCC. The predicted octanol–water partition coefficient (Wildman–Crippen LogP) is 2.01. The van der Waals surface area contributed by atoms with Crippen molar-refractivity contribution in [1.82, 2.24) is 4.98 Å². The number of hydrogen-bond donors (Lipinski definition) is 1. The number of rotatable bonds is 6. The van der Waals surface area contributed by atoms with E-state index in [-0.39, 0.29) is 0 Å². The van der Waals surface area contributed by atoms with E-state index in [4.69, 9.17) is 0 Å². The molecule has 3 heteroatoms. The lowest BCUT2D eigenvalue weighted by atomic mass is 10.3. The number of H-pyrrole nitrogens is 1. The molecular formula is C10H19N2S+. The molecule has 0 saturated heterocycles.